The molecule has 22 heavy (non-hydrogen) atoms. The number of hydroxylamine groups is 2. The summed E-state index contributed by atoms with van der Waals surface area (Å²) in [5, 5.41) is 11.5. The van der Waals surface area contributed by atoms with Gasteiger partial charge in [0.25, 0.3) is 0 Å². The van der Waals surface area contributed by atoms with Crippen molar-refractivity contribution in [2.45, 2.75) is 12.6 Å². The summed E-state index contributed by atoms with van der Waals surface area (Å²) in [6, 6.07) is 18.2. The largest absolute Gasteiger partial charge is 0.459 e. The molecule has 0 fully saturated rings. The molecule has 0 bridgehead atoms. The maximum absolute atomic E-state index is 11.2. The molecule has 0 heterocycles. The molecule has 2 aromatic carbocycles. The average molecular weight is 295 g/mol. The van der Waals surface area contributed by atoms with Crippen LogP contribution in [-0.2, 0) is 16.1 Å². The molecular formula is C18H17NO3. The van der Waals surface area contributed by atoms with Crippen LogP contribution in [0.15, 0.2) is 60.7 Å². The number of esters is 1. The Morgan fingerprint density at radius 2 is 1.73 bits per heavy atom. The van der Waals surface area contributed by atoms with Crippen LogP contribution in [0.5, 0.6) is 0 Å². The Morgan fingerprint density at radius 3 is 2.32 bits per heavy atom. The predicted molar refractivity (Wildman–Crippen MR) is 82.7 cm³/mol. The van der Waals surface area contributed by atoms with Crippen molar-refractivity contribution >= 4 is 5.97 Å². The Kier molecular flexibility index (Phi) is 5.73. The van der Waals surface area contributed by atoms with Crippen LogP contribution < -0.4 is 0 Å². The van der Waals surface area contributed by atoms with Crippen LogP contribution in [0.25, 0.3) is 0 Å². The van der Waals surface area contributed by atoms with E-state index < -0.39 is 12.0 Å². The number of hydrogen-bond acceptors (Lipinski definition) is 4. The van der Waals surface area contributed by atoms with Gasteiger partial charge in [0.1, 0.15) is 6.04 Å². The summed E-state index contributed by atoms with van der Waals surface area (Å²) in [5.41, 5.74) is 1.75. The van der Waals surface area contributed by atoms with Crippen molar-refractivity contribution in [1.82, 2.24) is 5.06 Å². The quantitative estimate of drug-likeness (QED) is 0.408. The van der Waals surface area contributed by atoms with Crippen LogP contribution in [0.3, 0.4) is 0 Å². The minimum atomic E-state index is -0.631. The summed E-state index contributed by atoms with van der Waals surface area (Å²) in [5.74, 6) is 4.51. The van der Waals surface area contributed by atoms with Crippen molar-refractivity contribution in [2.24, 2.45) is 0 Å². The normalized spacial score (nSPS) is 11.4. The second-order valence-corrected chi connectivity index (χ2v) is 4.66. The van der Waals surface area contributed by atoms with Gasteiger partial charge in [0, 0.05) is 5.92 Å². The summed E-state index contributed by atoms with van der Waals surface area (Å²) in [4.78, 5) is 11.2. The van der Waals surface area contributed by atoms with Gasteiger partial charge in [-0.3, -0.25) is 0 Å². The molecule has 0 aliphatic rings. The Bertz CT molecular complexity index is 659. The minimum absolute atomic E-state index is 0.302. The molecule has 112 valence electrons. The number of ether oxygens (including phenoxy) is 1. The Hall–Kier alpha value is -2.61. The van der Waals surface area contributed by atoms with Crippen LogP contribution in [0, 0.1) is 11.8 Å². The molecule has 1 unspecified atom stereocenters. The number of benzene rings is 2. The molecule has 2 rings (SSSR count). The SMILES string of the molecule is COC(=O)C#CC(c1ccccc1)N(O)Cc1ccccc1. The highest BCUT2D eigenvalue weighted by Gasteiger charge is 2.17. The van der Waals surface area contributed by atoms with E-state index >= 15 is 0 Å². The smallest absolute Gasteiger partial charge is 0.384 e. The van der Waals surface area contributed by atoms with Gasteiger partial charge in [0.15, 0.2) is 0 Å². The predicted octanol–water partition coefficient (Wildman–Crippen LogP) is 2.80. The summed E-state index contributed by atoms with van der Waals surface area (Å²) < 4.78 is 4.52. The van der Waals surface area contributed by atoms with Gasteiger partial charge in [-0.05, 0) is 11.1 Å². The third-order valence-corrected chi connectivity index (χ3v) is 3.10. The topological polar surface area (TPSA) is 49.8 Å². The maximum Gasteiger partial charge on any atom is 0.384 e. The van der Waals surface area contributed by atoms with Gasteiger partial charge in [-0.1, -0.05) is 66.6 Å². The first-order valence-corrected chi connectivity index (χ1v) is 6.84. The highest BCUT2D eigenvalue weighted by molar-refractivity contribution is 5.88. The lowest BCUT2D eigenvalue weighted by molar-refractivity contribution is -0.134. The third-order valence-electron chi connectivity index (χ3n) is 3.10. The Labute approximate surface area is 129 Å². The Balaban J connectivity index is 2.23. The second-order valence-electron chi connectivity index (χ2n) is 4.66. The van der Waals surface area contributed by atoms with Crippen LogP contribution in [0.2, 0.25) is 0 Å². The van der Waals surface area contributed by atoms with E-state index in [-0.39, 0.29) is 0 Å². The van der Waals surface area contributed by atoms with Crippen LogP contribution >= 0.6 is 0 Å². The fraction of sp³-hybridized carbons (Fsp3) is 0.167. The molecule has 2 aromatic rings. The molecule has 0 aliphatic carbocycles. The monoisotopic (exact) mass is 295 g/mol. The molecule has 0 aliphatic heterocycles. The van der Waals surface area contributed by atoms with E-state index in [1.165, 1.54) is 7.11 Å². The molecule has 0 saturated carbocycles. The first-order chi connectivity index (χ1) is 10.7. The lowest BCUT2D eigenvalue weighted by Crippen LogP contribution is -2.24. The highest BCUT2D eigenvalue weighted by Crippen LogP contribution is 2.20. The van der Waals surface area contributed by atoms with Crippen LogP contribution in [0.4, 0.5) is 0 Å². The van der Waals surface area contributed by atoms with Crippen molar-refractivity contribution in [3.63, 3.8) is 0 Å². The molecule has 0 saturated heterocycles. The van der Waals surface area contributed by atoms with Gasteiger partial charge in [-0.25, -0.2) is 4.79 Å². The molecular weight excluding hydrogens is 278 g/mol. The zero-order valence-corrected chi connectivity index (χ0v) is 12.3. The highest BCUT2D eigenvalue weighted by atomic mass is 16.5. The first kappa shape index (κ1) is 15.8. The number of hydrogen-bond donors (Lipinski definition) is 1. The summed E-state index contributed by atoms with van der Waals surface area (Å²) in [6.45, 7) is 0.302. The van der Waals surface area contributed by atoms with Crippen LogP contribution in [-0.4, -0.2) is 23.3 Å². The van der Waals surface area contributed by atoms with E-state index in [1.54, 1.807) is 0 Å². The van der Waals surface area contributed by atoms with Gasteiger partial charge in [-0.15, -0.1) is 0 Å². The minimum Gasteiger partial charge on any atom is -0.459 e. The zero-order valence-electron chi connectivity index (χ0n) is 12.3. The lowest BCUT2D eigenvalue weighted by Gasteiger charge is -2.22. The summed E-state index contributed by atoms with van der Waals surface area (Å²) >= 11 is 0. The average Bonchev–Trinajstić information content (AvgIpc) is 2.56. The molecule has 4 heteroatoms. The molecule has 0 aromatic heterocycles. The molecule has 4 nitrogen and oxygen atoms in total. The standard InChI is InChI=1S/C18H17NO3/c1-22-18(20)13-12-17(16-10-6-3-7-11-16)19(21)14-15-8-4-2-5-9-15/h2-11,17,21H,14H2,1H3. The Morgan fingerprint density at radius 1 is 1.14 bits per heavy atom. The molecule has 0 spiro atoms. The number of methoxy groups -OCH3 is 1. The van der Waals surface area contributed by atoms with Crippen molar-refractivity contribution in [3.8, 4) is 11.8 Å². The molecule has 1 atom stereocenters. The zero-order chi connectivity index (χ0) is 15.8. The van der Waals surface area contributed by atoms with Crippen molar-refractivity contribution in [2.75, 3.05) is 7.11 Å². The fourth-order valence-electron chi connectivity index (χ4n) is 2.01. The van der Waals surface area contributed by atoms with Crippen molar-refractivity contribution < 1.29 is 14.7 Å². The number of rotatable bonds is 4. The van der Waals surface area contributed by atoms with E-state index in [0.29, 0.717) is 6.54 Å². The van der Waals surface area contributed by atoms with E-state index in [1.807, 2.05) is 60.7 Å². The van der Waals surface area contributed by atoms with Gasteiger partial charge in [0.05, 0.1) is 13.7 Å². The fourth-order valence-corrected chi connectivity index (χ4v) is 2.01. The van der Waals surface area contributed by atoms with Gasteiger partial charge in [0.2, 0.25) is 0 Å². The second kappa shape index (κ2) is 7.99. The molecule has 0 radical (unpaired) electrons. The van der Waals surface area contributed by atoms with E-state index in [4.69, 9.17) is 0 Å². The van der Waals surface area contributed by atoms with E-state index in [2.05, 4.69) is 16.6 Å². The van der Waals surface area contributed by atoms with Crippen LogP contribution in [0.1, 0.15) is 17.2 Å². The third kappa shape index (κ3) is 4.45. The number of carbonyl (C=O) groups is 1. The van der Waals surface area contributed by atoms with E-state index in [9.17, 15) is 10.0 Å². The number of carbonyl (C=O) groups excluding carboxylic acids is 1. The van der Waals surface area contributed by atoms with Gasteiger partial charge < -0.3 is 9.94 Å². The molecule has 0 amide bonds. The lowest BCUT2D eigenvalue weighted by atomic mass is 10.1. The summed E-state index contributed by atoms with van der Waals surface area (Å²) in [7, 11) is 1.27. The van der Waals surface area contributed by atoms with Crippen molar-refractivity contribution in [3.05, 3.63) is 71.8 Å². The maximum atomic E-state index is 11.2. The number of nitrogens with zero attached hydrogens (tertiary/aromatic N) is 1. The van der Waals surface area contributed by atoms with Gasteiger partial charge >= 0.3 is 5.97 Å². The van der Waals surface area contributed by atoms with Crippen molar-refractivity contribution in [1.29, 1.82) is 0 Å². The first-order valence-electron chi connectivity index (χ1n) is 6.84. The van der Waals surface area contributed by atoms with Gasteiger partial charge in [-0.2, -0.15) is 5.06 Å². The molecule has 1 N–H and O–H groups in total. The van der Waals surface area contributed by atoms with E-state index in [0.717, 1.165) is 16.2 Å². The summed E-state index contributed by atoms with van der Waals surface area (Å²) in [6.07, 6.45) is 0.